The molecule has 0 aliphatic carbocycles. The van der Waals surface area contributed by atoms with E-state index in [0.717, 1.165) is 25.9 Å². The minimum Gasteiger partial charge on any atom is -0.339 e. The van der Waals surface area contributed by atoms with Crippen LogP contribution in [-0.2, 0) is 21.3 Å². The van der Waals surface area contributed by atoms with E-state index < -0.39 is 9.84 Å². The molecule has 132 valence electrons. The molecular formula is C19H20ClNO3S. The Bertz CT molecular complexity index is 856. The van der Waals surface area contributed by atoms with Gasteiger partial charge in [0.15, 0.2) is 9.84 Å². The van der Waals surface area contributed by atoms with Gasteiger partial charge in [0.25, 0.3) is 5.91 Å². The quantitative estimate of drug-likeness (QED) is 0.798. The molecule has 1 aliphatic heterocycles. The van der Waals surface area contributed by atoms with Crippen molar-refractivity contribution in [1.29, 1.82) is 0 Å². The molecule has 1 fully saturated rings. The molecule has 2 aromatic carbocycles. The minimum atomic E-state index is -3.31. The van der Waals surface area contributed by atoms with Crippen LogP contribution in [0.1, 0.15) is 34.3 Å². The van der Waals surface area contributed by atoms with Crippen molar-refractivity contribution in [2.24, 2.45) is 0 Å². The Kier molecular flexibility index (Phi) is 5.45. The predicted octanol–water partition coefficient (Wildman–Crippen LogP) is 3.69. The van der Waals surface area contributed by atoms with Crippen molar-refractivity contribution in [3.05, 3.63) is 70.2 Å². The normalized spacial score (nSPS) is 14.7. The highest BCUT2D eigenvalue weighted by atomic mass is 35.5. The van der Waals surface area contributed by atoms with E-state index in [0.29, 0.717) is 21.7 Å². The molecule has 1 aliphatic rings. The van der Waals surface area contributed by atoms with Crippen molar-refractivity contribution < 1.29 is 13.2 Å². The van der Waals surface area contributed by atoms with E-state index in [2.05, 4.69) is 0 Å². The molecule has 1 amide bonds. The van der Waals surface area contributed by atoms with Gasteiger partial charge in [0.2, 0.25) is 0 Å². The summed E-state index contributed by atoms with van der Waals surface area (Å²) in [6.45, 7) is 1.60. The monoisotopic (exact) mass is 377 g/mol. The van der Waals surface area contributed by atoms with Crippen molar-refractivity contribution in [3.63, 3.8) is 0 Å². The van der Waals surface area contributed by atoms with Crippen LogP contribution in [0.5, 0.6) is 0 Å². The van der Waals surface area contributed by atoms with Crippen LogP contribution >= 0.6 is 11.6 Å². The predicted molar refractivity (Wildman–Crippen MR) is 99.4 cm³/mol. The minimum absolute atomic E-state index is 0.0193. The van der Waals surface area contributed by atoms with Crippen molar-refractivity contribution in [2.45, 2.75) is 24.3 Å². The van der Waals surface area contributed by atoms with Gasteiger partial charge in [0.05, 0.1) is 11.5 Å². The van der Waals surface area contributed by atoms with Crippen molar-refractivity contribution >= 4 is 27.3 Å². The fourth-order valence-corrected chi connectivity index (χ4v) is 4.73. The van der Waals surface area contributed by atoms with Gasteiger partial charge in [0.1, 0.15) is 0 Å². The maximum atomic E-state index is 12.4. The number of benzene rings is 2. The van der Waals surface area contributed by atoms with E-state index in [-0.39, 0.29) is 17.4 Å². The third-order valence-corrected chi connectivity index (χ3v) is 6.04. The van der Waals surface area contributed by atoms with Crippen LogP contribution in [0, 0.1) is 0 Å². The van der Waals surface area contributed by atoms with Gasteiger partial charge in [-0.15, -0.1) is 0 Å². The molecule has 0 atom stereocenters. The van der Waals surface area contributed by atoms with Crippen LogP contribution < -0.4 is 0 Å². The third kappa shape index (κ3) is 4.83. The molecule has 0 N–H and O–H groups in total. The number of amides is 1. The van der Waals surface area contributed by atoms with E-state index >= 15 is 0 Å². The van der Waals surface area contributed by atoms with Crippen molar-refractivity contribution in [2.75, 3.05) is 13.1 Å². The Hall–Kier alpha value is -1.85. The van der Waals surface area contributed by atoms with Crippen LogP contribution in [0.15, 0.2) is 48.5 Å². The van der Waals surface area contributed by atoms with Gasteiger partial charge in [-0.25, -0.2) is 8.42 Å². The first-order valence-electron chi connectivity index (χ1n) is 8.26. The molecule has 3 rings (SSSR count). The standard InChI is InChI=1S/C19H20ClNO3S/c20-18-5-3-4-16(12-18)14-25(23,24)13-15-6-8-17(9-7-15)19(22)21-10-1-2-11-21/h3-9,12H,1-2,10-11,13-14H2. The Balaban J connectivity index is 1.67. The number of halogens is 1. The van der Waals surface area contributed by atoms with Crippen molar-refractivity contribution in [1.82, 2.24) is 4.90 Å². The lowest BCUT2D eigenvalue weighted by atomic mass is 10.1. The van der Waals surface area contributed by atoms with Crippen LogP contribution in [0.25, 0.3) is 0 Å². The van der Waals surface area contributed by atoms with Gasteiger partial charge < -0.3 is 4.90 Å². The lowest BCUT2D eigenvalue weighted by Gasteiger charge is -2.15. The number of nitrogens with zero attached hydrogens (tertiary/aromatic N) is 1. The second kappa shape index (κ2) is 7.58. The molecule has 0 unspecified atom stereocenters. The van der Waals surface area contributed by atoms with Gasteiger partial charge >= 0.3 is 0 Å². The van der Waals surface area contributed by atoms with Gasteiger partial charge in [-0.1, -0.05) is 35.9 Å². The summed E-state index contributed by atoms with van der Waals surface area (Å²) in [7, 11) is -3.31. The summed E-state index contributed by atoms with van der Waals surface area (Å²) < 4.78 is 24.8. The lowest BCUT2D eigenvalue weighted by molar-refractivity contribution is 0.0793. The Labute approximate surface area is 153 Å². The molecule has 0 aromatic heterocycles. The molecule has 1 saturated heterocycles. The average molecular weight is 378 g/mol. The summed E-state index contributed by atoms with van der Waals surface area (Å²) in [4.78, 5) is 14.1. The number of hydrogen-bond acceptors (Lipinski definition) is 3. The zero-order valence-corrected chi connectivity index (χ0v) is 15.4. The van der Waals surface area contributed by atoms with Gasteiger partial charge in [-0.05, 0) is 48.2 Å². The smallest absolute Gasteiger partial charge is 0.253 e. The fourth-order valence-electron chi connectivity index (χ4n) is 3.03. The van der Waals surface area contributed by atoms with E-state index in [4.69, 9.17) is 11.6 Å². The number of likely N-dealkylation sites (tertiary alicyclic amines) is 1. The van der Waals surface area contributed by atoms with Crippen LogP contribution in [0.2, 0.25) is 5.02 Å². The van der Waals surface area contributed by atoms with Gasteiger partial charge in [0, 0.05) is 23.7 Å². The molecule has 6 heteroatoms. The first kappa shape index (κ1) is 18.0. The Morgan fingerprint density at radius 2 is 1.60 bits per heavy atom. The second-order valence-corrected chi connectivity index (χ2v) is 8.86. The molecule has 0 bridgehead atoms. The topological polar surface area (TPSA) is 54.5 Å². The molecule has 25 heavy (non-hydrogen) atoms. The van der Waals surface area contributed by atoms with Crippen LogP contribution in [0.4, 0.5) is 0 Å². The molecule has 0 radical (unpaired) electrons. The highest BCUT2D eigenvalue weighted by Gasteiger charge is 2.20. The second-order valence-electron chi connectivity index (χ2n) is 6.36. The summed E-state index contributed by atoms with van der Waals surface area (Å²) in [5, 5.41) is 0.525. The third-order valence-electron chi connectivity index (χ3n) is 4.26. The summed E-state index contributed by atoms with van der Waals surface area (Å²) in [5.41, 5.74) is 1.96. The summed E-state index contributed by atoms with van der Waals surface area (Å²) in [5.74, 6) is -0.0921. The zero-order chi connectivity index (χ0) is 17.9. The first-order valence-corrected chi connectivity index (χ1v) is 10.5. The first-order chi connectivity index (χ1) is 11.9. The zero-order valence-electron chi connectivity index (χ0n) is 13.8. The van der Waals surface area contributed by atoms with Gasteiger partial charge in [-0.2, -0.15) is 0 Å². The largest absolute Gasteiger partial charge is 0.339 e. The number of hydrogen-bond donors (Lipinski definition) is 0. The number of rotatable bonds is 5. The molecule has 4 nitrogen and oxygen atoms in total. The van der Waals surface area contributed by atoms with E-state index in [1.807, 2.05) is 4.90 Å². The summed E-state index contributed by atoms with van der Waals surface area (Å²) in [6.07, 6.45) is 2.09. The van der Waals surface area contributed by atoms with E-state index in [1.54, 1.807) is 48.5 Å². The maximum Gasteiger partial charge on any atom is 0.253 e. The number of carbonyl (C=O) groups is 1. The Morgan fingerprint density at radius 3 is 2.24 bits per heavy atom. The SMILES string of the molecule is O=C(c1ccc(CS(=O)(=O)Cc2cccc(Cl)c2)cc1)N1CCCC1. The average Bonchev–Trinajstić information content (AvgIpc) is 3.08. The number of carbonyl (C=O) groups excluding carboxylic acids is 1. The molecular weight excluding hydrogens is 358 g/mol. The molecule has 0 saturated carbocycles. The highest BCUT2D eigenvalue weighted by Crippen LogP contribution is 2.18. The fraction of sp³-hybridized carbons (Fsp3) is 0.316. The van der Waals surface area contributed by atoms with Crippen molar-refractivity contribution in [3.8, 4) is 0 Å². The van der Waals surface area contributed by atoms with E-state index in [1.165, 1.54) is 0 Å². The van der Waals surface area contributed by atoms with E-state index in [9.17, 15) is 13.2 Å². The molecule has 2 aromatic rings. The summed E-state index contributed by atoms with van der Waals surface area (Å²) in [6, 6.07) is 13.7. The van der Waals surface area contributed by atoms with Crippen LogP contribution in [-0.4, -0.2) is 32.3 Å². The summed E-state index contributed by atoms with van der Waals surface area (Å²) >= 11 is 5.90. The molecule has 1 heterocycles. The van der Waals surface area contributed by atoms with Gasteiger partial charge in [-0.3, -0.25) is 4.79 Å². The maximum absolute atomic E-state index is 12.4. The van der Waals surface area contributed by atoms with Crippen LogP contribution in [0.3, 0.4) is 0 Å². The molecule has 0 spiro atoms. The lowest BCUT2D eigenvalue weighted by Crippen LogP contribution is -2.27. The Morgan fingerprint density at radius 1 is 0.960 bits per heavy atom. The highest BCUT2D eigenvalue weighted by molar-refractivity contribution is 7.89. The number of sulfone groups is 1.